The van der Waals surface area contributed by atoms with Crippen LogP contribution in [0.2, 0.25) is 0 Å². The van der Waals surface area contributed by atoms with Gasteiger partial charge >= 0.3 is 6.03 Å². The lowest BCUT2D eigenvalue weighted by Gasteiger charge is -2.09. The summed E-state index contributed by atoms with van der Waals surface area (Å²) in [6.07, 6.45) is 0.724. The zero-order chi connectivity index (χ0) is 16.2. The molecule has 5 nitrogen and oxygen atoms in total. The summed E-state index contributed by atoms with van der Waals surface area (Å²) in [7, 11) is 0. The Bertz CT molecular complexity index is 734. The van der Waals surface area contributed by atoms with Crippen LogP contribution in [0.4, 0.5) is 10.5 Å². The van der Waals surface area contributed by atoms with Gasteiger partial charge in [-0.1, -0.05) is 28.1 Å². The fraction of sp³-hybridized carbons (Fsp3) is 0.235. The van der Waals surface area contributed by atoms with E-state index >= 15 is 0 Å². The molecular weight excluding hydrogens is 360 g/mol. The van der Waals surface area contributed by atoms with E-state index in [1.165, 1.54) is 0 Å². The molecule has 2 aromatic rings. The predicted octanol–water partition coefficient (Wildman–Crippen LogP) is 3.85. The van der Waals surface area contributed by atoms with Crippen LogP contribution in [0.3, 0.4) is 0 Å². The average Bonchev–Trinajstić information content (AvgIpc) is 2.98. The maximum absolute atomic E-state index is 11.9. The van der Waals surface area contributed by atoms with E-state index in [-0.39, 0.29) is 12.8 Å². The molecule has 2 aromatic carbocycles. The molecule has 2 N–H and O–H groups in total. The number of aryl methyl sites for hydroxylation is 1. The molecule has 1 aliphatic rings. The van der Waals surface area contributed by atoms with E-state index in [1.807, 2.05) is 43.3 Å². The van der Waals surface area contributed by atoms with Gasteiger partial charge in [0.25, 0.3) is 0 Å². The lowest BCUT2D eigenvalue weighted by Crippen LogP contribution is -2.30. The van der Waals surface area contributed by atoms with Crippen molar-refractivity contribution in [2.24, 2.45) is 0 Å². The molecule has 0 spiro atoms. The summed E-state index contributed by atoms with van der Waals surface area (Å²) >= 11 is 3.45. The van der Waals surface area contributed by atoms with Gasteiger partial charge in [-0.15, -0.1) is 0 Å². The van der Waals surface area contributed by atoms with Crippen LogP contribution < -0.4 is 20.1 Å². The molecule has 23 heavy (non-hydrogen) atoms. The highest BCUT2D eigenvalue weighted by atomic mass is 79.9. The first-order valence-electron chi connectivity index (χ1n) is 7.31. The molecule has 0 aliphatic carbocycles. The Morgan fingerprint density at radius 2 is 2.00 bits per heavy atom. The third kappa shape index (κ3) is 3.96. The molecule has 0 aromatic heterocycles. The first kappa shape index (κ1) is 15.7. The molecule has 0 bridgehead atoms. The molecule has 0 atom stereocenters. The third-order valence-corrected chi connectivity index (χ3v) is 4.42. The van der Waals surface area contributed by atoms with Gasteiger partial charge in [0.05, 0.1) is 0 Å². The topological polar surface area (TPSA) is 59.6 Å². The maximum Gasteiger partial charge on any atom is 0.319 e. The average molecular weight is 377 g/mol. The molecule has 1 heterocycles. The number of carbonyl (C=O) groups is 1. The van der Waals surface area contributed by atoms with Gasteiger partial charge in [0.1, 0.15) is 0 Å². The maximum atomic E-state index is 11.9. The summed E-state index contributed by atoms with van der Waals surface area (Å²) in [6.45, 7) is 2.81. The number of rotatable bonds is 4. The van der Waals surface area contributed by atoms with Crippen LogP contribution in [0.1, 0.15) is 11.1 Å². The van der Waals surface area contributed by atoms with Crippen molar-refractivity contribution in [3.63, 3.8) is 0 Å². The molecule has 0 saturated carbocycles. The number of halogens is 1. The van der Waals surface area contributed by atoms with Gasteiger partial charge in [0.15, 0.2) is 11.5 Å². The van der Waals surface area contributed by atoms with Crippen molar-refractivity contribution in [3.8, 4) is 11.5 Å². The SMILES string of the molecule is Cc1ccc(NC(=O)NCCc2ccc3c(c2)OCO3)cc1Br. The van der Waals surface area contributed by atoms with Crippen LogP contribution in [0, 0.1) is 6.92 Å². The van der Waals surface area contributed by atoms with Gasteiger partial charge in [-0.05, 0) is 48.7 Å². The minimum atomic E-state index is -0.221. The van der Waals surface area contributed by atoms with E-state index in [4.69, 9.17) is 9.47 Å². The van der Waals surface area contributed by atoms with E-state index < -0.39 is 0 Å². The van der Waals surface area contributed by atoms with Crippen molar-refractivity contribution in [2.75, 3.05) is 18.7 Å². The minimum Gasteiger partial charge on any atom is -0.454 e. The van der Waals surface area contributed by atoms with Gasteiger partial charge in [-0.25, -0.2) is 4.79 Å². The summed E-state index contributed by atoms with van der Waals surface area (Å²) in [5, 5.41) is 5.66. The molecule has 2 amide bonds. The number of carbonyl (C=O) groups excluding carboxylic acids is 1. The summed E-state index contributed by atoms with van der Waals surface area (Å²) < 4.78 is 11.6. The lowest BCUT2D eigenvalue weighted by molar-refractivity contribution is 0.174. The van der Waals surface area contributed by atoms with Crippen molar-refractivity contribution in [3.05, 3.63) is 52.0 Å². The number of hydrogen-bond acceptors (Lipinski definition) is 3. The highest BCUT2D eigenvalue weighted by molar-refractivity contribution is 9.10. The second kappa shape index (κ2) is 6.91. The van der Waals surface area contributed by atoms with E-state index in [0.717, 1.165) is 39.2 Å². The summed E-state index contributed by atoms with van der Waals surface area (Å²) in [6, 6.07) is 11.3. The second-order valence-corrected chi connectivity index (χ2v) is 6.14. The van der Waals surface area contributed by atoms with Crippen molar-refractivity contribution >= 4 is 27.6 Å². The first-order valence-corrected chi connectivity index (χ1v) is 8.10. The normalized spacial score (nSPS) is 12.1. The van der Waals surface area contributed by atoms with Crippen molar-refractivity contribution in [1.82, 2.24) is 5.32 Å². The molecule has 0 radical (unpaired) electrons. The number of ether oxygens (including phenoxy) is 2. The highest BCUT2D eigenvalue weighted by Crippen LogP contribution is 2.32. The van der Waals surface area contributed by atoms with Crippen molar-refractivity contribution in [1.29, 1.82) is 0 Å². The van der Waals surface area contributed by atoms with Crippen LogP contribution in [0.15, 0.2) is 40.9 Å². The molecule has 0 saturated heterocycles. The number of anilines is 1. The summed E-state index contributed by atoms with van der Waals surface area (Å²) in [4.78, 5) is 11.9. The second-order valence-electron chi connectivity index (χ2n) is 5.28. The van der Waals surface area contributed by atoms with E-state index in [1.54, 1.807) is 0 Å². The fourth-order valence-corrected chi connectivity index (χ4v) is 2.64. The Morgan fingerprint density at radius 3 is 2.83 bits per heavy atom. The van der Waals surface area contributed by atoms with Gasteiger partial charge in [0.2, 0.25) is 6.79 Å². The quantitative estimate of drug-likeness (QED) is 0.851. The van der Waals surface area contributed by atoms with Crippen LogP contribution in [-0.2, 0) is 6.42 Å². The Balaban J connectivity index is 1.48. The first-order chi connectivity index (χ1) is 11.1. The Hall–Kier alpha value is -2.21. The smallest absolute Gasteiger partial charge is 0.319 e. The van der Waals surface area contributed by atoms with Gasteiger partial charge < -0.3 is 20.1 Å². The standard InChI is InChI=1S/C17H17BrN2O3/c1-11-2-4-13(9-14(11)18)20-17(21)19-7-6-12-3-5-15-16(8-12)23-10-22-15/h2-5,8-9H,6-7,10H2,1H3,(H2,19,20,21). The fourth-order valence-electron chi connectivity index (χ4n) is 2.26. The zero-order valence-corrected chi connectivity index (χ0v) is 14.3. The van der Waals surface area contributed by atoms with Crippen molar-refractivity contribution in [2.45, 2.75) is 13.3 Å². The Kier molecular flexibility index (Phi) is 4.71. The number of hydrogen-bond donors (Lipinski definition) is 2. The lowest BCUT2D eigenvalue weighted by atomic mass is 10.1. The molecule has 0 unspecified atom stereocenters. The van der Waals surface area contributed by atoms with E-state index in [2.05, 4.69) is 26.6 Å². The van der Waals surface area contributed by atoms with Crippen LogP contribution in [-0.4, -0.2) is 19.4 Å². The Morgan fingerprint density at radius 1 is 1.17 bits per heavy atom. The molecule has 3 rings (SSSR count). The third-order valence-electron chi connectivity index (χ3n) is 3.57. The van der Waals surface area contributed by atoms with Crippen LogP contribution in [0.5, 0.6) is 11.5 Å². The van der Waals surface area contributed by atoms with Gasteiger partial charge in [-0.2, -0.15) is 0 Å². The highest BCUT2D eigenvalue weighted by Gasteiger charge is 2.13. The minimum absolute atomic E-state index is 0.221. The van der Waals surface area contributed by atoms with E-state index in [9.17, 15) is 4.79 Å². The largest absolute Gasteiger partial charge is 0.454 e. The number of fused-ring (bicyclic) bond motifs is 1. The monoisotopic (exact) mass is 376 g/mol. The van der Waals surface area contributed by atoms with Crippen molar-refractivity contribution < 1.29 is 14.3 Å². The Labute approximate surface area is 143 Å². The molecular formula is C17H17BrN2O3. The summed E-state index contributed by atoms with van der Waals surface area (Å²) in [5.74, 6) is 1.53. The molecule has 0 fully saturated rings. The summed E-state index contributed by atoms with van der Waals surface area (Å²) in [5.41, 5.74) is 2.97. The number of urea groups is 1. The number of nitrogens with one attached hydrogen (secondary N) is 2. The molecule has 120 valence electrons. The molecule has 6 heteroatoms. The van der Waals surface area contributed by atoms with Crippen LogP contribution in [0.25, 0.3) is 0 Å². The predicted molar refractivity (Wildman–Crippen MR) is 92.2 cm³/mol. The molecule has 1 aliphatic heterocycles. The van der Waals surface area contributed by atoms with E-state index in [0.29, 0.717) is 6.54 Å². The van der Waals surface area contributed by atoms with Gasteiger partial charge in [-0.3, -0.25) is 0 Å². The number of benzene rings is 2. The zero-order valence-electron chi connectivity index (χ0n) is 12.7. The number of amides is 2. The van der Waals surface area contributed by atoms with Crippen LogP contribution >= 0.6 is 15.9 Å². The van der Waals surface area contributed by atoms with Gasteiger partial charge in [0, 0.05) is 16.7 Å².